The van der Waals surface area contributed by atoms with Gasteiger partial charge in [-0.2, -0.15) is 13.2 Å². The molecule has 0 spiro atoms. The summed E-state index contributed by atoms with van der Waals surface area (Å²) in [6.07, 6.45) is -3.08. The SMILES string of the molecule is FC(F)(F)c1cc(Br)cnc1NCc1cccs1. The van der Waals surface area contributed by atoms with Crippen molar-refractivity contribution in [2.24, 2.45) is 0 Å². The number of anilines is 1. The number of hydrogen-bond acceptors (Lipinski definition) is 3. The van der Waals surface area contributed by atoms with Gasteiger partial charge in [0.25, 0.3) is 0 Å². The number of hydrogen-bond donors (Lipinski definition) is 1. The summed E-state index contributed by atoms with van der Waals surface area (Å²) in [5.74, 6) is -0.154. The molecule has 0 amide bonds. The van der Waals surface area contributed by atoms with Crippen LogP contribution in [0.25, 0.3) is 0 Å². The third-order valence-electron chi connectivity index (χ3n) is 2.17. The molecule has 0 bridgehead atoms. The largest absolute Gasteiger partial charge is 0.419 e. The molecule has 0 saturated carbocycles. The van der Waals surface area contributed by atoms with Gasteiger partial charge in [-0.25, -0.2) is 4.98 Å². The first-order valence-corrected chi connectivity index (χ1v) is 6.63. The van der Waals surface area contributed by atoms with E-state index in [9.17, 15) is 13.2 Å². The van der Waals surface area contributed by atoms with Crippen molar-refractivity contribution in [3.8, 4) is 0 Å². The van der Waals surface area contributed by atoms with Gasteiger partial charge in [0.2, 0.25) is 0 Å². The monoisotopic (exact) mass is 336 g/mol. The van der Waals surface area contributed by atoms with Crippen LogP contribution in [-0.2, 0) is 12.7 Å². The maximum atomic E-state index is 12.8. The van der Waals surface area contributed by atoms with Gasteiger partial charge in [-0.1, -0.05) is 6.07 Å². The van der Waals surface area contributed by atoms with E-state index in [4.69, 9.17) is 0 Å². The second-order valence-corrected chi connectivity index (χ2v) is 5.43. The summed E-state index contributed by atoms with van der Waals surface area (Å²) in [6.45, 7) is 0.329. The molecule has 0 aliphatic rings. The molecule has 18 heavy (non-hydrogen) atoms. The van der Waals surface area contributed by atoms with Gasteiger partial charge in [-0.3, -0.25) is 0 Å². The van der Waals surface area contributed by atoms with Crippen LogP contribution in [0.15, 0.2) is 34.2 Å². The second kappa shape index (κ2) is 5.27. The molecule has 0 aliphatic heterocycles. The van der Waals surface area contributed by atoms with E-state index in [-0.39, 0.29) is 5.82 Å². The fourth-order valence-corrected chi connectivity index (χ4v) is 2.36. The Hall–Kier alpha value is -1.08. The molecular weight excluding hydrogens is 329 g/mol. The number of halogens is 4. The zero-order chi connectivity index (χ0) is 13.2. The number of rotatable bonds is 3. The number of thiophene rings is 1. The minimum absolute atomic E-state index is 0.154. The maximum Gasteiger partial charge on any atom is 0.419 e. The molecule has 0 radical (unpaired) electrons. The number of nitrogens with one attached hydrogen (secondary N) is 1. The van der Waals surface area contributed by atoms with Gasteiger partial charge in [0, 0.05) is 15.5 Å². The molecule has 2 nitrogen and oxygen atoms in total. The third kappa shape index (κ3) is 3.23. The molecule has 2 aromatic heterocycles. The summed E-state index contributed by atoms with van der Waals surface area (Å²) in [4.78, 5) is 4.72. The van der Waals surface area contributed by atoms with Crippen molar-refractivity contribution in [1.29, 1.82) is 0 Å². The average molecular weight is 337 g/mol. The predicted molar refractivity (Wildman–Crippen MR) is 68.6 cm³/mol. The molecule has 0 aromatic carbocycles. The van der Waals surface area contributed by atoms with Crippen molar-refractivity contribution in [1.82, 2.24) is 4.98 Å². The Kier molecular flexibility index (Phi) is 3.91. The van der Waals surface area contributed by atoms with Gasteiger partial charge < -0.3 is 5.32 Å². The summed E-state index contributed by atoms with van der Waals surface area (Å²) in [5, 5.41) is 4.58. The molecule has 2 aromatic rings. The number of alkyl halides is 3. The fourth-order valence-electron chi connectivity index (χ4n) is 1.38. The van der Waals surface area contributed by atoms with E-state index in [2.05, 4.69) is 26.2 Å². The molecule has 7 heteroatoms. The lowest BCUT2D eigenvalue weighted by Gasteiger charge is -2.13. The Morgan fingerprint density at radius 3 is 2.78 bits per heavy atom. The highest BCUT2D eigenvalue weighted by atomic mass is 79.9. The maximum absolute atomic E-state index is 12.8. The molecule has 0 fully saturated rings. The number of pyridine rings is 1. The summed E-state index contributed by atoms with van der Waals surface area (Å²) in [5.41, 5.74) is -0.770. The molecule has 0 atom stereocenters. The molecule has 2 rings (SSSR count). The van der Waals surface area contributed by atoms with Crippen LogP contribution in [0.1, 0.15) is 10.4 Å². The lowest BCUT2D eigenvalue weighted by molar-refractivity contribution is -0.137. The molecule has 0 unspecified atom stereocenters. The topological polar surface area (TPSA) is 24.9 Å². The van der Waals surface area contributed by atoms with Gasteiger partial charge in [0.15, 0.2) is 0 Å². The summed E-state index contributed by atoms with van der Waals surface area (Å²) >= 11 is 4.47. The molecular formula is C11H8BrF3N2S. The Bertz CT molecular complexity index is 526. The summed E-state index contributed by atoms with van der Waals surface area (Å²) in [6, 6.07) is 4.72. The lowest BCUT2D eigenvalue weighted by atomic mass is 10.2. The fraction of sp³-hybridized carbons (Fsp3) is 0.182. The Morgan fingerprint density at radius 2 is 2.17 bits per heavy atom. The first kappa shape index (κ1) is 13.4. The van der Waals surface area contributed by atoms with Gasteiger partial charge in [0.1, 0.15) is 5.82 Å². The van der Waals surface area contributed by atoms with E-state index in [0.29, 0.717) is 11.0 Å². The van der Waals surface area contributed by atoms with E-state index in [0.717, 1.165) is 10.9 Å². The van der Waals surface area contributed by atoms with Crippen LogP contribution in [0.5, 0.6) is 0 Å². The smallest absolute Gasteiger partial charge is 0.365 e. The minimum atomic E-state index is -4.42. The van der Waals surface area contributed by atoms with Crippen molar-refractivity contribution in [3.05, 3.63) is 44.7 Å². The van der Waals surface area contributed by atoms with Crippen LogP contribution >= 0.6 is 27.3 Å². The van der Waals surface area contributed by atoms with Crippen molar-refractivity contribution in [2.75, 3.05) is 5.32 Å². The van der Waals surface area contributed by atoms with Crippen molar-refractivity contribution in [3.63, 3.8) is 0 Å². The van der Waals surface area contributed by atoms with Gasteiger partial charge in [-0.05, 0) is 33.4 Å². The first-order valence-electron chi connectivity index (χ1n) is 4.96. The van der Waals surface area contributed by atoms with E-state index in [1.807, 2.05) is 17.5 Å². The van der Waals surface area contributed by atoms with Gasteiger partial charge in [-0.15, -0.1) is 11.3 Å². The predicted octanol–water partition coefficient (Wildman–Crippen LogP) is 4.54. The van der Waals surface area contributed by atoms with Gasteiger partial charge in [0.05, 0.1) is 12.1 Å². The average Bonchev–Trinajstić information content (AvgIpc) is 2.79. The van der Waals surface area contributed by atoms with Crippen molar-refractivity contribution in [2.45, 2.75) is 12.7 Å². The van der Waals surface area contributed by atoms with Crippen molar-refractivity contribution < 1.29 is 13.2 Å². The quantitative estimate of drug-likeness (QED) is 0.890. The summed E-state index contributed by atoms with van der Waals surface area (Å²) in [7, 11) is 0. The Labute approximate surface area is 114 Å². The normalized spacial score (nSPS) is 11.6. The summed E-state index contributed by atoms with van der Waals surface area (Å²) < 4.78 is 38.7. The highest BCUT2D eigenvalue weighted by Gasteiger charge is 2.34. The van der Waals surface area contributed by atoms with Crippen LogP contribution in [0.4, 0.5) is 19.0 Å². The Morgan fingerprint density at radius 1 is 1.39 bits per heavy atom. The number of aromatic nitrogens is 1. The van der Waals surface area contributed by atoms with Crippen LogP contribution in [0.2, 0.25) is 0 Å². The van der Waals surface area contributed by atoms with E-state index < -0.39 is 11.7 Å². The third-order valence-corrected chi connectivity index (χ3v) is 3.48. The van der Waals surface area contributed by atoms with Crippen LogP contribution < -0.4 is 5.32 Å². The van der Waals surface area contributed by atoms with E-state index in [1.165, 1.54) is 17.5 Å². The lowest BCUT2D eigenvalue weighted by Crippen LogP contribution is -2.12. The number of nitrogens with zero attached hydrogens (tertiary/aromatic N) is 1. The van der Waals surface area contributed by atoms with E-state index >= 15 is 0 Å². The molecule has 0 saturated heterocycles. The first-order chi connectivity index (χ1) is 8.47. The van der Waals surface area contributed by atoms with Gasteiger partial charge >= 0.3 is 6.18 Å². The molecule has 2 heterocycles. The van der Waals surface area contributed by atoms with Crippen molar-refractivity contribution >= 4 is 33.1 Å². The molecule has 1 N–H and O–H groups in total. The highest BCUT2D eigenvalue weighted by molar-refractivity contribution is 9.10. The van der Waals surface area contributed by atoms with Crippen LogP contribution in [0, 0.1) is 0 Å². The van der Waals surface area contributed by atoms with E-state index in [1.54, 1.807) is 0 Å². The van der Waals surface area contributed by atoms with Crippen LogP contribution in [-0.4, -0.2) is 4.98 Å². The van der Waals surface area contributed by atoms with Crippen LogP contribution in [0.3, 0.4) is 0 Å². The standard InChI is InChI=1S/C11H8BrF3N2S/c12-7-4-9(11(13,14)15)10(16-5-7)17-6-8-2-1-3-18-8/h1-5H,6H2,(H,16,17). The zero-order valence-electron chi connectivity index (χ0n) is 8.96. The molecule has 96 valence electrons. The second-order valence-electron chi connectivity index (χ2n) is 3.48. The highest BCUT2D eigenvalue weighted by Crippen LogP contribution is 2.35. The Balaban J connectivity index is 2.22. The zero-order valence-corrected chi connectivity index (χ0v) is 11.4. The minimum Gasteiger partial charge on any atom is -0.365 e. The molecule has 0 aliphatic carbocycles.